The molecule has 0 fully saturated rings. The van der Waals surface area contributed by atoms with E-state index < -0.39 is 13.9 Å². The van der Waals surface area contributed by atoms with Crippen LogP contribution < -0.4 is 4.74 Å². The summed E-state index contributed by atoms with van der Waals surface area (Å²) in [6.45, 7) is 7.94. The lowest BCUT2D eigenvalue weighted by atomic mass is 10.0. The summed E-state index contributed by atoms with van der Waals surface area (Å²) < 4.78 is 16.1. The van der Waals surface area contributed by atoms with E-state index in [1.54, 1.807) is 30.0 Å². The Kier molecular flexibility index (Phi) is 6.22. The maximum Gasteiger partial charge on any atom is 0.362 e. The quantitative estimate of drug-likeness (QED) is 0.622. The normalized spacial score (nSPS) is 11.8. The molecule has 0 amide bonds. The van der Waals surface area contributed by atoms with Crippen molar-refractivity contribution >= 4 is 19.4 Å². The third-order valence-electron chi connectivity index (χ3n) is 3.67. The Morgan fingerprint density at radius 1 is 1.12 bits per heavy atom. The third-order valence-corrected chi connectivity index (χ3v) is 5.48. The fourth-order valence-corrected chi connectivity index (χ4v) is 3.80. The highest BCUT2D eigenvalue weighted by Crippen LogP contribution is 2.39. The predicted molar refractivity (Wildman–Crippen MR) is 99.8 cm³/mol. The molecule has 0 radical (unpaired) electrons. The van der Waals surface area contributed by atoms with Crippen LogP contribution in [0.15, 0.2) is 40.1 Å². The van der Waals surface area contributed by atoms with Crippen molar-refractivity contribution in [3.8, 4) is 11.5 Å². The number of benzene rings is 2. The lowest BCUT2D eigenvalue weighted by Crippen LogP contribution is -1.99. The van der Waals surface area contributed by atoms with Gasteiger partial charge in [0.1, 0.15) is 11.5 Å². The zero-order valence-corrected chi connectivity index (χ0v) is 16.4. The standard InChI is InChI=1S/C18H23O5PS/c1-11(2)16-9-15(5-6-17(16)19)25-18-12(3)7-14(8-13(18)4)23-10-24(20,21)22/h5-9,11,19H,10H2,1-4H3,(H2,20,21,22). The molecule has 7 heteroatoms. The lowest BCUT2D eigenvalue weighted by molar-refractivity contribution is 0.300. The number of hydrogen-bond donors (Lipinski definition) is 3. The highest BCUT2D eigenvalue weighted by molar-refractivity contribution is 7.99. The molecule has 0 unspecified atom stereocenters. The van der Waals surface area contributed by atoms with Crippen LogP contribution in [0.4, 0.5) is 0 Å². The Hall–Kier alpha value is -1.46. The second-order valence-electron chi connectivity index (χ2n) is 6.30. The Bertz CT molecular complexity index is 790. The summed E-state index contributed by atoms with van der Waals surface area (Å²) in [4.78, 5) is 19.9. The lowest BCUT2D eigenvalue weighted by Gasteiger charge is -2.15. The van der Waals surface area contributed by atoms with Gasteiger partial charge in [0.2, 0.25) is 0 Å². The van der Waals surface area contributed by atoms with Crippen LogP contribution in [0, 0.1) is 13.8 Å². The van der Waals surface area contributed by atoms with E-state index in [1.807, 2.05) is 39.8 Å². The molecule has 0 aliphatic rings. The van der Waals surface area contributed by atoms with Crippen molar-refractivity contribution in [1.29, 1.82) is 0 Å². The smallest absolute Gasteiger partial charge is 0.362 e. The van der Waals surface area contributed by atoms with Gasteiger partial charge in [0.25, 0.3) is 0 Å². The van der Waals surface area contributed by atoms with Gasteiger partial charge < -0.3 is 19.6 Å². The highest BCUT2D eigenvalue weighted by Gasteiger charge is 2.15. The molecule has 3 N–H and O–H groups in total. The molecule has 2 aromatic carbocycles. The Morgan fingerprint density at radius 3 is 2.24 bits per heavy atom. The van der Waals surface area contributed by atoms with E-state index in [1.165, 1.54) is 0 Å². The molecule has 0 saturated heterocycles. The fourth-order valence-electron chi connectivity index (χ4n) is 2.49. The summed E-state index contributed by atoms with van der Waals surface area (Å²) in [6.07, 6.45) is -0.631. The molecule has 0 spiro atoms. The van der Waals surface area contributed by atoms with E-state index in [2.05, 4.69) is 0 Å². The highest BCUT2D eigenvalue weighted by atomic mass is 32.2. The molecule has 0 saturated carbocycles. The Balaban J connectivity index is 2.26. The first-order valence-electron chi connectivity index (χ1n) is 7.86. The average Bonchev–Trinajstić information content (AvgIpc) is 2.49. The van der Waals surface area contributed by atoms with Crippen molar-refractivity contribution in [3.63, 3.8) is 0 Å². The number of phenolic OH excluding ortho intramolecular Hbond substituents is 1. The van der Waals surface area contributed by atoms with Crippen molar-refractivity contribution in [2.45, 2.75) is 43.4 Å². The number of phenols is 1. The Morgan fingerprint density at radius 2 is 1.72 bits per heavy atom. The summed E-state index contributed by atoms with van der Waals surface area (Å²) in [5.74, 6) is 0.969. The van der Waals surface area contributed by atoms with Crippen LogP contribution in [0.3, 0.4) is 0 Å². The van der Waals surface area contributed by atoms with Gasteiger partial charge in [0.05, 0.1) is 0 Å². The number of rotatable bonds is 6. The molecule has 0 aliphatic heterocycles. The summed E-state index contributed by atoms with van der Waals surface area (Å²) in [5, 5.41) is 9.95. The van der Waals surface area contributed by atoms with Gasteiger partial charge in [-0.15, -0.1) is 0 Å². The van der Waals surface area contributed by atoms with Crippen molar-refractivity contribution in [2.24, 2.45) is 0 Å². The molecule has 0 bridgehead atoms. The average molecular weight is 382 g/mol. The molecule has 136 valence electrons. The minimum absolute atomic E-state index is 0.228. The first kappa shape index (κ1) is 19.9. The second kappa shape index (κ2) is 7.83. The van der Waals surface area contributed by atoms with Crippen LogP contribution >= 0.6 is 19.4 Å². The molecular formula is C18H23O5PS. The largest absolute Gasteiger partial charge is 0.508 e. The van der Waals surface area contributed by atoms with E-state index in [9.17, 15) is 9.67 Å². The number of aromatic hydroxyl groups is 1. The van der Waals surface area contributed by atoms with Gasteiger partial charge in [-0.1, -0.05) is 25.6 Å². The molecule has 25 heavy (non-hydrogen) atoms. The number of hydrogen-bond acceptors (Lipinski definition) is 4. The van der Waals surface area contributed by atoms with Crippen molar-refractivity contribution in [1.82, 2.24) is 0 Å². The molecule has 5 nitrogen and oxygen atoms in total. The van der Waals surface area contributed by atoms with Gasteiger partial charge in [-0.05, 0) is 66.8 Å². The van der Waals surface area contributed by atoms with E-state index in [0.29, 0.717) is 11.5 Å². The minimum Gasteiger partial charge on any atom is -0.508 e. The van der Waals surface area contributed by atoms with Crippen LogP contribution in [0.5, 0.6) is 11.5 Å². The minimum atomic E-state index is -4.20. The van der Waals surface area contributed by atoms with Crippen molar-refractivity contribution in [3.05, 3.63) is 47.0 Å². The SMILES string of the molecule is Cc1cc(OCP(=O)(O)O)cc(C)c1Sc1ccc(O)c(C(C)C)c1. The molecule has 0 atom stereocenters. The zero-order chi connectivity index (χ0) is 18.8. The van der Waals surface area contributed by atoms with Gasteiger partial charge >= 0.3 is 7.60 Å². The maximum atomic E-state index is 10.9. The van der Waals surface area contributed by atoms with E-state index in [-0.39, 0.29) is 5.92 Å². The van der Waals surface area contributed by atoms with Crippen LogP contribution in [0.1, 0.15) is 36.5 Å². The zero-order valence-electron chi connectivity index (χ0n) is 14.7. The molecular weight excluding hydrogens is 359 g/mol. The topological polar surface area (TPSA) is 87.0 Å². The number of ether oxygens (including phenoxy) is 1. The fraction of sp³-hybridized carbons (Fsp3) is 0.333. The van der Waals surface area contributed by atoms with Crippen LogP contribution in [0.2, 0.25) is 0 Å². The number of aryl methyl sites for hydroxylation is 2. The molecule has 0 heterocycles. The molecule has 0 aliphatic carbocycles. The molecule has 0 aromatic heterocycles. The van der Waals surface area contributed by atoms with Crippen LogP contribution in [-0.4, -0.2) is 21.2 Å². The monoisotopic (exact) mass is 382 g/mol. The third kappa shape index (κ3) is 5.51. The van der Waals surface area contributed by atoms with Crippen LogP contribution in [0.25, 0.3) is 0 Å². The van der Waals surface area contributed by atoms with E-state index in [0.717, 1.165) is 26.5 Å². The maximum absolute atomic E-state index is 10.9. The molecule has 2 aromatic rings. The van der Waals surface area contributed by atoms with Crippen molar-refractivity contribution < 1.29 is 24.2 Å². The first-order valence-corrected chi connectivity index (χ1v) is 10.5. The van der Waals surface area contributed by atoms with E-state index >= 15 is 0 Å². The second-order valence-corrected chi connectivity index (χ2v) is 8.97. The van der Waals surface area contributed by atoms with Gasteiger partial charge in [0, 0.05) is 9.79 Å². The summed E-state index contributed by atoms with van der Waals surface area (Å²) in [7, 11) is -4.20. The molecule has 2 rings (SSSR count). The van der Waals surface area contributed by atoms with Gasteiger partial charge in [-0.3, -0.25) is 4.57 Å². The van der Waals surface area contributed by atoms with E-state index in [4.69, 9.17) is 14.5 Å². The first-order chi connectivity index (χ1) is 11.6. The van der Waals surface area contributed by atoms with Crippen LogP contribution in [-0.2, 0) is 4.57 Å². The Labute approximate surface area is 152 Å². The predicted octanol–water partition coefficient (Wildman–Crippen LogP) is 4.80. The van der Waals surface area contributed by atoms with Crippen molar-refractivity contribution in [2.75, 3.05) is 6.35 Å². The van der Waals surface area contributed by atoms with Gasteiger partial charge in [-0.25, -0.2) is 0 Å². The van der Waals surface area contributed by atoms with Gasteiger partial charge in [0.15, 0.2) is 6.35 Å². The summed E-state index contributed by atoms with van der Waals surface area (Å²) >= 11 is 1.59. The summed E-state index contributed by atoms with van der Waals surface area (Å²) in [5.41, 5.74) is 2.83. The van der Waals surface area contributed by atoms with Gasteiger partial charge in [-0.2, -0.15) is 0 Å². The summed E-state index contributed by atoms with van der Waals surface area (Å²) in [6, 6.07) is 9.12.